The van der Waals surface area contributed by atoms with E-state index in [4.69, 9.17) is 0 Å². The summed E-state index contributed by atoms with van der Waals surface area (Å²) in [5, 5.41) is 10.0. The van der Waals surface area contributed by atoms with Crippen LogP contribution < -0.4 is 10.6 Å². The molecule has 0 aliphatic heterocycles. The zero-order valence-electron chi connectivity index (χ0n) is 11.7. The Hall–Kier alpha value is -2.21. The monoisotopic (exact) mass is 273 g/mol. The Morgan fingerprint density at radius 1 is 1.45 bits per heavy atom. The molecule has 2 aromatic rings. The van der Waals surface area contributed by atoms with Gasteiger partial charge in [-0.25, -0.2) is 9.67 Å². The summed E-state index contributed by atoms with van der Waals surface area (Å²) < 4.78 is 1.69. The van der Waals surface area contributed by atoms with E-state index >= 15 is 0 Å². The maximum atomic E-state index is 11.8. The molecular formula is C14H19N5O. The molecule has 1 atom stereocenters. The van der Waals surface area contributed by atoms with Crippen LogP contribution in [0.25, 0.3) is 5.82 Å². The molecule has 0 spiro atoms. The highest BCUT2D eigenvalue weighted by Crippen LogP contribution is 2.06. The number of pyridine rings is 1. The molecule has 2 rings (SSSR count). The van der Waals surface area contributed by atoms with Crippen molar-refractivity contribution in [3.63, 3.8) is 0 Å². The van der Waals surface area contributed by atoms with Gasteiger partial charge in [-0.2, -0.15) is 5.10 Å². The van der Waals surface area contributed by atoms with Gasteiger partial charge in [0.25, 0.3) is 0 Å². The fourth-order valence-corrected chi connectivity index (χ4v) is 1.86. The van der Waals surface area contributed by atoms with Gasteiger partial charge in [0.2, 0.25) is 5.91 Å². The van der Waals surface area contributed by atoms with Gasteiger partial charge in [0.1, 0.15) is 0 Å². The third-order valence-corrected chi connectivity index (χ3v) is 2.97. The zero-order valence-corrected chi connectivity index (χ0v) is 11.7. The number of carbonyl (C=O) groups excluding carboxylic acids is 1. The molecule has 1 amide bonds. The van der Waals surface area contributed by atoms with Gasteiger partial charge in [-0.1, -0.05) is 6.92 Å². The van der Waals surface area contributed by atoms with E-state index in [2.05, 4.69) is 20.7 Å². The summed E-state index contributed by atoms with van der Waals surface area (Å²) in [7, 11) is 1.84. The van der Waals surface area contributed by atoms with Crippen LogP contribution >= 0.6 is 0 Å². The van der Waals surface area contributed by atoms with Gasteiger partial charge >= 0.3 is 0 Å². The van der Waals surface area contributed by atoms with Crippen LogP contribution in [0, 0.1) is 5.92 Å². The van der Waals surface area contributed by atoms with Crippen molar-refractivity contribution >= 4 is 5.91 Å². The van der Waals surface area contributed by atoms with Crippen LogP contribution in [-0.4, -0.2) is 34.3 Å². The lowest BCUT2D eigenvalue weighted by Gasteiger charge is -2.12. The highest BCUT2D eigenvalue weighted by atomic mass is 16.1. The Balaban J connectivity index is 1.97. The van der Waals surface area contributed by atoms with Crippen LogP contribution in [0.15, 0.2) is 36.8 Å². The molecule has 6 nitrogen and oxygen atoms in total. The third-order valence-electron chi connectivity index (χ3n) is 2.97. The van der Waals surface area contributed by atoms with Gasteiger partial charge < -0.3 is 10.6 Å². The molecule has 0 radical (unpaired) electrons. The van der Waals surface area contributed by atoms with Crippen LogP contribution in [0.3, 0.4) is 0 Å². The van der Waals surface area contributed by atoms with Crippen molar-refractivity contribution in [3.05, 3.63) is 42.4 Å². The summed E-state index contributed by atoms with van der Waals surface area (Å²) in [6.07, 6.45) is 5.25. The minimum Gasteiger partial charge on any atom is -0.352 e. The van der Waals surface area contributed by atoms with E-state index < -0.39 is 0 Å². The van der Waals surface area contributed by atoms with Crippen molar-refractivity contribution in [1.82, 2.24) is 25.4 Å². The number of carbonyl (C=O) groups is 1. The lowest BCUT2D eigenvalue weighted by atomic mass is 10.1. The number of aromatic nitrogens is 3. The zero-order chi connectivity index (χ0) is 14.4. The summed E-state index contributed by atoms with van der Waals surface area (Å²) in [5.41, 5.74) is 0.996. The Kier molecular flexibility index (Phi) is 4.84. The molecule has 106 valence electrons. The maximum absolute atomic E-state index is 11.8. The van der Waals surface area contributed by atoms with Crippen molar-refractivity contribution in [2.45, 2.75) is 13.5 Å². The normalized spacial score (nSPS) is 12.1. The fraction of sp³-hybridized carbons (Fsp3) is 0.357. The quantitative estimate of drug-likeness (QED) is 0.814. The van der Waals surface area contributed by atoms with Crippen molar-refractivity contribution in [3.8, 4) is 5.82 Å². The van der Waals surface area contributed by atoms with Crippen LogP contribution in [0.1, 0.15) is 12.5 Å². The molecular weight excluding hydrogens is 254 g/mol. The van der Waals surface area contributed by atoms with Crippen LogP contribution in [-0.2, 0) is 11.3 Å². The topological polar surface area (TPSA) is 71.8 Å². The molecule has 2 aromatic heterocycles. The van der Waals surface area contributed by atoms with E-state index in [-0.39, 0.29) is 11.8 Å². The SMILES string of the molecule is CNCC(C)C(=O)NCc1ccnc(-n2cccn2)c1. The Labute approximate surface area is 118 Å². The molecule has 2 heterocycles. The molecule has 20 heavy (non-hydrogen) atoms. The summed E-state index contributed by atoms with van der Waals surface area (Å²) in [4.78, 5) is 16.1. The van der Waals surface area contributed by atoms with Crippen molar-refractivity contribution < 1.29 is 4.79 Å². The van der Waals surface area contributed by atoms with E-state index in [0.29, 0.717) is 13.1 Å². The first-order valence-electron chi connectivity index (χ1n) is 6.58. The lowest BCUT2D eigenvalue weighted by Crippen LogP contribution is -2.33. The van der Waals surface area contributed by atoms with Gasteiger partial charge in [0.05, 0.1) is 0 Å². The van der Waals surface area contributed by atoms with Crippen molar-refractivity contribution in [2.24, 2.45) is 5.92 Å². The number of amides is 1. The summed E-state index contributed by atoms with van der Waals surface area (Å²) in [5.74, 6) is 0.731. The highest BCUT2D eigenvalue weighted by molar-refractivity contribution is 5.78. The summed E-state index contributed by atoms with van der Waals surface area (Å²) in [6.45, 7) is 3.05. The van der Waals surface area contributed by atoms with Crippen LogP contribution in [0.5, 0.6) is 0 Å². The molecule has 0 bridgehead atoms. The first-order chi connectivity index (χ1) is 9.70. The molecule has 0 fully saturated rings. The summed E-state index contributed by atoms with van der Waals surface area (Å²) >= 11 is 0. The van der Waals surface area contributed by atoms with Gasteiger partial charge in [0.15, 0.2) is 5.82 Å². The second-order valence-corrected chi connectivity index (χ2v) is 4.65. The molecule has 6 heteroatoms. The number of rotatable bonds is 6. The maximum Gasteiger partial charge on any atom is 0.224 e. The first kappa shape index (κ1) is 14.2. The molecule has 0 aromatic carbocycles. The Bertz CT molecular complexity index is 552. The minimum atomic E-state index is -0.0487. The van der Waals surface area contributed by atoms with E-state index in [1.807, 2.05) is 38.4 Å². The molecule has 0 saturated heterocycles. The van der Waals surface area contributed by atoms with Crippen molar-refractivity contribution in [2.75, 3.05) is 13.6 Å². The fourth-order valence-electron chi connectivity index (χ4n) is 1.86. The lowest BCUT2D eigenvalue weighted by molar-refractivity contribution is -0.124. The largest absolute Gasteiger partial charge is 0.352 e. The Morgan fingerprint density at radius 3 is 3.00 bits per heavy atom. The van der Waals surface area contributed by atoms with Gasteiger partial charge in [-0.05, 0) is 30.8 Å². The van der Waals surface area contributed by atoms with E-state index in [9.17, 15) is 4.79 Å². The van der Waals surface area contributed by atoms with Gasteiger partial charge in [0, 0.05) is 37.6 Å². The third kappa shape index (κ3) is 3.64. The van der Waals surface area contributed by atoms with E-state index in [0.717, 1.165) is 11.4 Å². The average Bonchev–Trinajstić information content (AvgIpc) is 2.99. The van der Waals surface area contributed by atoms with Crippen LogP contribution in [0.4, 0.5) is 0 Å². The number of hydrogen-bond donors (Lipinski definition) is 2. The Morgan fingerprint density at radius 2 is 2.30 bits per heavy atom. The second-order valence-electron chi connectivity index (χ2n) is 4.65. The predicted molar refractivity (Wildman–Crippen MR) is 76.3 cm³/mol. The number of nitrogens with zero attached hydrogens (tertiary/aromatic N) is 3. The molecule has 1 unspecified atom stereocenters. The van der Waals surface area contributed by atoms with Gasteiger partial charge in [-0.3, -0.25) is 4.79 Å². The highest BCUT2D eigenvalue weighted by Gasteiger charge is 2.11. The first-order valence-corrected chi connectivity index (χ1v) is 6.58. The number of hydrogen-bond acceptors (Lipinski definition) is 4. The van der Waals surface area contributed by atoms with Gasteiger partial charge in [-0.15, -0.1) is 0 Å². The predicted octanol–water partition coefficient (Wildman–Crippen LogP) is 0.739. The molecule has 0 aliphatic carbocycles. The second kappa shape index (κ2) is 6.81. The number of nitrogens with one attached hydrogen (secondary N) is 2. The van der Waals surface area contributed by atoms with E-state index in [1.54, 1.807) is 17.1 Å². The van der Waals surface area contributed by atoms with Crippen LogP contribution in [0.2, 0.25) is 0 Å². The molecule has 2 N–H and O–H groups in total. The molecule has 0 aliphatic rings. The van der Waals surface area contributed by atoms with E-state index in [1.165, 1.54) is 0 Å². The smallest absolute Gasteiger partial charge is 0.224 e. The average molecular weight is 273 g/mol. The minimum absolute atomic E-state index is 0.0387. The standard InChI is InChI=1S/C14H19N5O/c1-11(9-15-2)14(20)17-10-12-4-6-16-13(8-12)19-7-3-5-18-19/h3-8,11,15H,9-10H2,1-2H3,(H,17,20). The van der Waals surface area contributed by atoms with Crippen molar-refractivity contribution in [1.29, 1.82) is 0 Å². The summed E-state index contributed by atoms with van der Waals surface area (Å²) in [6, 6.07) is 5.64. The molecule has 0 saturated carbocycles.